The zero-order chi connectivity index (χ0) is 15.9. The van der Waals surface area contributed by atoms with Gasteiger partial charge >= 0.3 is 0 Å². The van der Waals surface area contributed by atoms with Crippen LogP contribution >= 0.6 is 15.9 Å². The Labute approximate surface area is 135 Å². The van der Waals surface area contributed by atoms with Gasteiger partial charge in [-0.1, -0.05) is 15.9 Å². The first-order chi connectivity index (χ1) is 10.5. The number of halogens is 1. The zero-order valence-corrected chi connectivity index (χ0v) is 13.5. The van der Waals surface area contributed by atoms with Gasteiger partial charge in [0.25, 0.3) is 0 Å². The van der Waals surface area contributed by atoms with Crippen LogP contribution in [-0.2, 0) is 6.42 Å². The second-order valence-electron chi connectivity index (χ2n) is 5.27. The van der Waals surface area contributed by atoms with Crippen molar-refractivity contribution in [2.24, 2.45) is 5.73 Å². The number of rotatable bonds is 0. The van der Waals surface area contributed by atoms with Gasteiger partial charge in [0.15, 0.2) is 5.43 Å². The van der Waals surface area contributed by atoms with Crippen LogP contribution in [0.2, 0.25) is 0 Å². The Morgan fingerprint density at radius 3 is 2.86 bits per heavy atom. The van der Waals surface area contributed by atoms with E-state index in [0.29, 0.717) is 46.4 Å². The fraction of sp³-hybridized carbons (Fsp3) is 0.176. The highest BCUT2D eigenvalue weighted by molar-refractivity contribution is 9.10. The summed E-state index contributed by atoms with van der Waals surface area (Å²) >= 11 is 3.36. The third kappa shape index (κ3) is 2.36. The lowest BCUT2D eigenvalue weighted by atomic mass is 9.96. The van der Waals surface area contributed by atoms with Crippen molar-refractivity contribution in [2.45, 2.75) is 19.8 Å². The molecule has 0 unspecified atom stereocenters. The molecule has 0 saturated heterocycles. The van der Waals surface area contributed by atoms with E-state index >= 15 is 0 Å². The molecule has 0 fully saturated rings. The zero-order valence-electron chi connectivity index (χ0n) is 11.9. The lowest BCUT2D eigenvalue weighted by Gasteiger charge is -2.13. The second kappa shape index (κ2) is 5.47. The van der Waals surface area contributed by atoms with Gasteiger partial charge in [-0.3, -0.25) is 4.79 Å². The molecule has 0 atom stereocenters. The van der Waals surface area contributed by atoms with Gasteiger partial charge in [-0.15, -0.1) is 0 Å². The van der Waals surface area contributed by atoms with E-state index in [4.69, 9.17) is 10.2 Å². The second-order valence-corrected chi connectivity index (χ2v) is 6.19. The van der Waals surface area contributed by atoms with Crippen molar-refractivity contribution in [2.75, 3.05) is 0 Å². The highest BCUT2D eigenvalue weighted by Crippen LogP contribution is 2.26. The number of nitriles is 1. The van der Waals surface area contributed by atoms with Crippen molar-refractivity contribution < 1.29 is 4.42 Å². The van der Waals surface area contributed by atoms with Crippen molar-refractivity contribution in [1.29, 1.82) is 5.26 Å². The predicted octanol–water partition coefficient (Wildman–Crippen LogP) is 3.64. The molecule has 1 aromatic heterocycles. The van der Waals surface area contributed by atoms with E-state index in [0.717, 1.165) is 10.0 Å². The van der Waals surface area contributed by atoms with Gasteiger partial charge in [0.05, 0.1) is 16.5 Å². The number of nitrogens with two attached hydrogens (primary N) is 1. The predicted molar refractivity (Wildman–Crippen MR) is 89.0 cm³/mol. The Bertz CT molecular complexity index is 946. The Kier molecular flexibility index (Phi) is 3.63. The molecule has 5 heteroatoms. The lowest BCUT2D eigenvalue weighted by Crippen LogP contribution is -2.14. The van der Waals surface area contributed by atoms with Crippen molar-refractivity contribution in [1.82, 2.24) is 0 Å². The minimum absolute atomic E-state index is 0.141. The summed E-state index contributed by atoms with van der Waals surface area (Å²) in [6, 6.07) is 7.40. The topological polar surface area (TPSA) is 80.0 Å². The maximum atomic E-state index is 12.7. The molecule has 1 heterocycles. The first kappa shape index (κ1) is 14.6. The Balaban J connectivity index is 2.38. The summed E-state index contributed by atoms with van der Waals surface area (Å²) in [5.74, 6) is 0.597. The molecule has 0 amide bonds. The number of fused-ring (bicyclic) bond motifs is 2. The van der Waals surface area contributed by atoms with Crippen LogP contribution in [0.25, 0.3) is 17.0 Å². The molecule has 4 nitrogen and oxygen atoms in total. The molecule has 110 valence electrons. The molecule has 0 bridgehead atoms. The van der Waals surface area contributed by atoms with Crippen molar-refractivity contribution in [3.05, 3.63) is 61.1 Å². The van der Waals surface area contributed by atoms with Crippen molar-refractivity contribution >= 4 is 33.0 Å². The average molecular weight is 357 g/mol. The highest BCUT2D eigenvalue weighted by Gasteiger charge is 2.18. The van der Waals surface area contributed by atoms with Crippen LogP contribution < -0.4 is 11.2 Å². The molecule has 0 radical (unpaired) electrons. The smallest absolute Gasteiger partial charge is 0.200 e. The van der Waals surface area contributed by atoms with E-state index < -0.39 is 0 Å². The SMILES string of the molecule is C/C1=C(N)\C(C#N)=C/c2c(oc3ccc(Br)cc3c2=O)CC1. The first-order valence-corrected chi connectivity index (χ1v) is 7.63. The number of nitrogens with zero attached hydrogens (tertiary/aromatic N) is 1. The highest BCUT2D eigenvalue weighted by atomic mass is 79.9. The van der Waals surface area contributed by atoms with Crippen LogP contribution in [-0.4, -0.2) is 0 Å². The van der Waals surface area contributed by atoms with E-state index in [2.05, 4.69) is 22.0 Å². The Morgan fingerprint density at radius 2 is 2.14 bits per heavy atom. The number of hydrogen-bond donors (Lipinski definition) is 1. The molecule has 22 heavy (non-hydrogen) atoms. The van der Waals surface area contributed by atoms with Crippen LogP contribution in [0.3, 0.4) is 0 Å². The minimum atomic E-state index is -0.141. The molecule has 1 aliphatic carbocycles. The van der Waals surface area contributed by atoms with E-state index in [1.54, 1.807) is 18.2 Å². The minimum Gasteiger partial charge on any atom is -0.460 e. The molecule has 1 aliphatic rings. The summed E-state index contributed by atoms with van der Waals surface area (Å²) in [6.45, 7) is 1.89. The van der Waals surface area contributed by atoms with Gasteiger partial charge in [0.1, 0.15) is 17.4 Å². The molecular formula is C17H13BrN2O2. The molecule has 0 saturated carbocycles. The van der Waals surface area contributed by atoms with Gasteiger partial charge in [-0.2, -0.15) is 5.26 Å². The van der Waals surface area contributed by atoms with Crippen LogP contribution in [0.1, 0.15) is 24.7 Å². The van der Waals surface area contributed by atoms with Crippen LogP contribution in [0.15, 0.2) is 48.7 Å². The fourth-order valence-electron chi connectivity index (χ4n) is 2.54. The molecule has 1 aromatic carbocycles. The summed E-state index contributed by atoms with van der Waals surface area (Å²) in [6.07, 6.45) is 2.78. The molecular weight excluding hydrogens is 344 g/mol. The number of allylic oxidation sites excluding steroid dienone is 2. The summed E-state index contributed by atoms with van der Waals surface area (Å²) < 4.78 is 6.70. The largest absolute Gasteiger partial charge is 0.460 e. The number of hydrogen-bond acceptors (Lipinski definition) is 4. The third-order valence-electron chi connectivity index (χ3n) is 3.85. The van der Waals surface area contributed by atoms with E-state index in [1.807, 2.05) is 13.0 Å². The Hall–Kier alpha value is -2.32. The molecule has 2 N–H and O–H groups in total. The summed E-state index contributed by atoms with van der Waals surface area (Å²) in [7, 11) is 0. The van der Waals surface area contributed by atoms with E-state index in [1.165, 1.54) is 0 Å². The summed E-state index contributed by atoms with van der Waals surface area (Å²) in [4.78, 5) is 12.7. The van der Waals surface area contributed by atoms with Gasteiger partial charge in [0.2, 0.25) is 0 Å². The van der Waals surface area contributed by atoms with Crippen molar-refractivity contribution in [3.63, 3.8) is 0 Å². The van der Waals surface area contributed by atoms with Crippen molar-refractivity contribution in [3.8, 4) is 6.07 Å². The maximum absolute atomic E-state index is 12.7. The number of benzene rings is 1. The van der Waals surface area contributed by atoms with Crippen LogP contribution in [0.4, 0.5) is 0 Å². The van der Waals surface area contributed by atoms with Gasteiger partial charge in [0, 0.05) is 16.6 Å². The molecule has 2 aromatic rings. The average Bonchev–Trinajstić information content (AvgIpc) is 2.51. The van der Waals surface area contributed by atoms with Gasteiger partial charge < -0.3 is 10.2 Å². The molecule has 0 spiro atoms. The van der Waals surface area contributed by atoms with Crippen LogP contribution in [0.5, 0.6) is 0 Å². The molecule has 0 aliphatic heterocycles. The Morgan fingerprint density at radius 1 is 1.36 bits per heavy atom. The first-order valence-electron chi connectivity index (χ1n) is 6.84. The third-order valence-corrected chi connectivity index (χ3v) is 4.34. The lowest BCUT2D eigenvalue weighted by molar-refractivity contribution is 0.531. The standard InChI is InChI=1S/C17H13BrN2O2/c1-9-2-4-14-12(6-10(8-19)16(9)20)17(21)13-7-11(18)3-5-15(13)22-14/h3,5-7H,2,4,20H2,1H3/b10-6-,16-9-. The quantitative estimate of drug-likeness (QED) is 0.781. The maximum Gasteiger partial charge on any atom is 0.200 e. The van der Waals surface area contributed by atoms with E-state index in [-0.39, 0.29) is 5.43 Å². The molecule has 3 rings (SSSR count). The van der Waals surface area contributed by atoms with Crippen LogP contribution in [0, 0.1) is 11.3 Å². The number of aryl methyl sites for hydroxylation is 1. The normalized spacial score (nSPS) is 20.5. The summed E-state index contributed by atoms with van der Waals surface area (Å²) in [5.41, 5.74) is 8.50. The van der Waals surface area contributed by atoms with Gasteiger partial charge in [-0.25, -0.2) is 0 Å². The van der Waals surface area contributed by atoms with Gasteiger partial charge in [-0.05, 0) is 43.2 Å². The fourth-order valence-corrected chi connectivity index (χ4v) is 2.90. The summed E-state index contributed by atoms with van der Waals surface area (Å²) in [5, 5.41) is 9.78. The monoisotopic (exact) mass is 356 g/mol. The van der Waals surface area contributed by atoms with E-state index in [9.17, 15) is 10.1 Å².